The van der Waals surface area contributed by atoms with E-state index in [1.54, 1.807) is 12.1 Å². The Bertz CT molecular complexity index is 1130. The number of hydrogen-bond donors (Lipinski definition) is 1. The first-order valence-corrected chi connectivity index (χ1v) is 11.8. The van der Waals surface area contributed by atoms with Crippen molar-refractivity contribution in [2.45, 2.75) is 30.8 Å². The quantitative estimate of drug-likeness (QED) is 0.612. The van der Waals surface area contributed by atoms with Crippen LogP contribution in [0.5, 0.6) is 0 Å². The van der Waals surface area contributed by atoms with Gasteiger partial charge in [-0.15, -0.1) is 0 Å². The Morgan fingerprint density at radius 1 is 0.824 bits per heavy atom. The smallest absolute Gasteiger partial charge is 0.253 e. The van der Waals surface area contributed by atoms with Gasteiger partial charge in [-0.2, -0.15) is 0 Å². The summed E-state index contributed by atoms with van der Waals surface area (Å²) in [4.78, 5) is 17.4. The zero-order chi connectivity index (χ0) is 23.7. The number of halogens is 2. The summed E-state index contributed by atoms with van der Waals surface area (Å²) in [5.74, 6) is -0.595. The van der Waals surface area contributed by atoms with E-state index in [0.717, 1.165) is 36.1 Å². The van der Waals surface area contributed by atoms with Crippen molar-refractivity contribution in [3.63, 3.8) is 0 Å². The molecule has 0 radical (unpaired) electrons. The second kappa shape index (κ2) is 9.65. The summed E-state index contributed by atoms with van der Waals surface area (Å²) in [6, 6.07) is 20.5. The Labute approximate surface area is 198 Å². The molecular weight excluding hydrogens is 434 g/mol. The second-order valence-corrected chi connectivity index (χ2v) is 9.17. The molecule has 6 heteroatoms. The van der Waals surface area contributed by atoms with Gasteiger partial charge in [0, 0.05) is 36.7 Å². The molecule has 4 nitrogen and oxygen atoms in total. The summed E-state index contributed by atoms with van der Waals surface area (Å²) in [5, 5.41) is 10.2. The largest absolute Gasteiger partial charge is 0.395 e. The molecule has 0 aliphatic carbocycles. The first kappa shape index (κ1) is 22.7. The Kier molecular flexibility index (Phi) is 6.44. The first-order valence-electron chi connectivity index (χ1n) is 11.8. The highest BCUT2D eigenvalue weighted by molar-refractivity contribution is 5.94. The topological polar surface area (TPSA) is 43.8 Å². The highest BCUT2D eigenvalue weighted by atomic mass is 19.1. The van der Waals surface area contributed by atoms with Gasteiger partial charge in [0.2, 0.25) is 0 Å². The van der Waals surface area contributed by atoms with Crippen LogP contribution >= 0.6 is 0 Å². The highest BCUT2D eigenvalue weighted by Gasteiger charge is 2.49. The third-order valence-electron chi connectivity index (χ3n) is 7.22. The van der Waals surface area contributed by atoms with Gasteiger partial charge in [0.1, 0.15) is 11.6 Å². The maximum atomic E-state index is 13.3. The van der Waals surface area contributed by atoms with Crippen molar-refractivity contribution in [3.8, 4) is 11.1 Å². The van der Waals surface area contributed by atoms with E-state index in [0.29, 0.717) is 18.7 Å². The molecular formula is C28H28F2N2O2. The van der Waals surface area contributed by atoms with Gasteiger partial charge in [0.15, 0.2) is 0 Å². The molecule has 3 atom stereocenters. The van der Waals surface area contributed by atoms with Crippen LogP contribution in [-0.4, -0.2) is 59.1 Å². The van der Waals surface area contributed by atoms with Crippen LogP contribution in [0.15, 0.2) is 72.8 Å². The molecule has 0 aromatic heterocycles. The van der Waals surface area contributed by atoms with E-state index in [2.05, 4.69) is 17.0 Å². The fraction of sp³-hybridized carbons (Fsp3) is 0.321. The number of hydrogen-bond acceptors (Lipinski definition) is 3. The van der Waals surface area contributed by atoms with Gasteiger partial charge in [-0.25, -0.2) is 8.78 Å². The minimum absolute atomic E-state index is 0.0162. The van der Waals surface area contributed by atoms with Gasteiger partial charge in [-0.3, -0.25) is 9.69 Å². The molecule has 5 rings (SSSR count). The zero-order valence-electron chi connectivity index (χ0n) is 18.9. The molecule has 0 saturated carbocycles. The van der Waals surface area contributed by atoms with Crippen LogP contribution in [0.1, 0.15) is 34.7 Å². The fourth-order valence-electron chi connectivity index (χ4n) is 5.44. The van der Waals surface area contributed by atoms with Crippen LogP contribution < -0.4 is 0 Å². The minimum Gasteiger partial charge on any atom is -0.395 e. The maximum Gasteiger partial charge on any atom is 0.253 e. The van der Waals surface area contributed by atoms with E-state index in [1.165, 1.54) is 36.4 Å². The average molecular weight is 463 g/mol. The molecule has 2 aliphatic heterocycles. The van der Waals surface area contributed by atoms with Gasteiger partial charge >= 0.3 is 0 Å². The van der Waals surface area contributed by atoms with Crippen LogP contribution in [0.4, 0.5) is 8.78 Å². The molecule has 3 aromatic carbocycles. The molecule has 34 heavy (non-hydrogen) atoms. The van der Waals surface area contributed by atoms with Crippen LogP contribution in [0.2, 0.25) is 0 Å². The number of aliphatic hydroxyl groups excluding tert-OH is 1. The first-order chi connectivity index (χ1) is 16.5. The maximum absolute atomic E-state index is 13.3. The molecule has 0 spiro atoms. The van der Waals surface area contributed by atoms with E-state index in [1.807, 2.05) is 17.0 Å². The van der Waals surface area contributed by atoms with Gasteiger partial charge in [-0.05, 0) is 72.5 Å². The van der Waals surface area contributed by atoms with E-state index in [-0.39, 0.29) is 42.2 Å². The summed E-state index contributed by atoms with van der Waals surface area (Å²) >= 11 is 0. The number of carbonyl (C=O) groups excluding carboxylic acids is 1. The Balaban J connectivity index is 1.38. The third kappa shape index (κ3) is 4.36. The fourth-order valence-corrected chi connectivity index (χ4v) is 5.44. The number of benzene rings is 3. The van der Waals surface area contributed by atoms with Crippen LogP contribution in [0.3, 0.4) is 0 Å². The number of amides is 1. The lowest BCUT2D eigenvalue weighted by Crippen LogP contribution is -2.67. The number of fused-ring (bicyclic) bond motifs is 1. The van der Waals surface area contributed by atoms with E-state index in [9.17, 15) is 18.7 Å². The molecule has 2 aliphatic rings. The number of carbonyl (C=O) groups is 1. The number of nitrogens with zero attached hydrogens (tertiary/aromatic N) is 2. The number of aliphatic hydroxyl groups is 1. The lowest BCUT2D eigenvalue weighted by molar-refractivity contribution is -0.0606. The van der Waals surface area contributed by atoms with Gasteiger partial charge < -0.3 is 10.0 Å². The van der Waals surface area contributed by atoms with Gasteiger partial charge in [0.25, 0.3) is 5.91 Å². The Morgan fingerprint density at radius 3 is 2.00 bits per heavy atom. The molecule has 176 valence electrons. The van der Waals surface area contributed by atoms with Crippen molar-refractivity contribution in [2.24, 2.45) is 0 Å². The van der Waals surface area contributed by atoms with Crippen molar-refractivity contribution >= 4 is 5.91 Å². The Morgan fingerprint density at radius 2 is 1.38 bits per heavy atom. The van der Waals surface area contributed by atoms with E-state index in [4.69, 9.17) is 0 Å². The summed E-state index contributed by atoms with van der Waals surface area (Å²) in [6.07, 6.45) is 1.85. The zero-order valence-corrected chi connectivity index (χ0v) is 18.9. The number of rotatable bonds is 4. The summed E-state index contributed by atoms with van der Waals surface area (Å²) in [5.41, 5.74) is 3.57. The van der Waals surface area contributed by atoms with Crippen molar-refractivity contribution in [2.75, 3.05) is 26.2 Å². The summed E-state index contributed by atoms with van der Waals surface area (Å²) in [6.45, 7) is 2.20. The molecule has 1 N–H and O–H groups in total. The van der Waals surface area contributed by atoms with Crippen molar-refractivity contribution < 1.29 is 18.7 Å². The summed E-state index contributed by atoms with van der Waals surface area (Å²) in [7, 11) is 0. The molecule has 0 unspecified atom stereocenters. The lowest BCUT2D eigenvalue weighted by Gasteiger charge is -2.57. The molecule has 0 bridgehead atoms. The standard InChI is InChI=1S/C28H28F2N2O2/c29-23-11-7-20(8-12-23)19-3-5-21(6-4-19)27-25-17-31(15-1-2-16-32(25)26(27)18-33)28(34)22-9-13-24(30)14-10-22/h3-14,25-27,33H,1-2,15-18H2/t25-,26-,27-/m0/s1. The lowest BCUT2D eigenvalue weighted by atomic mass is 9.74. The molecule has 2 saturated heterocycles. The molecule has 3 aromatic rings. The van der Waals surface area contributed by atoms with E-state index < -0.39 is 0 Å². The van der Waals surface area contributed by atoms with Crippen molar-refractivity contribution in [3.05, 3.63) is 95.6 Å². The SMILES string of the molecule is O=C(c1ccc(F)cc1)N1CCCCN2[C@@H](CO)[C@@H](c3ccc(-c4ccc(F)cc4)cc3)[C@@H]2C1. The van der Waals surface area contributed by atoms with Crippen LogP contribution in [0, 0.1) is 11.6 Å². The van der Waals surface area contributed by atoms with Crippen LogP contribution in [-0.2, 0) is 0 Å². The molecule has 2 heterocycles. The van der Waals surface area contributed by atoms with Gasteiger partial charge in [-0.1, -0.05) is 36.4 Å². The van der Waals surface area contributed by atoms with Crippen molar-refractivity contribution in [1.82, 2.24) is 9.80 Å². The minimum atomic E-state index is -0.357. The predicted molar refractivity (Wildman–Crippen MR) is 127 cm³/mol. The highest BCUT2D eigenvalue weighted by Crippen LogP contribution is 2.42. The third-order valence-corrected chi connectivity index (χ3v) is 7.22. The average Bonchev–Trinajstić information content (AvgIpc) is 2.84. The van der Waals surface area contributed by atoms with Crippen LogP contribution in [0.25, 0.3) is 11.1 Å². The van der Waals surface area contributed by atoms with E-state index >= 15 is 0 Å². The molecule has 1 amide bonds. The normalized spacial score (nSPS) is 22.9. The van der Waals surface area contributed by atoms with Gasteiger partial charge in [0.05, 0.1) is 6.61 Å². The molecule has 2 fully saturated rings. The summed E-state index contributed by atoms with van der Waals surface area (Å²) < 4.78 is 26.6. The monoisotopic (exact) mass is 462 g/mol. The Hall–Kier alpha value is -3.09. The second-order valence-electron chi connectivity index (χ2n) is 9.17. The predicted octanol–water partition coefficient (Wildman–Crippen LogP) is 4.70. The van der Waals surface area contributed by atoms with Crippen molar-refractivity contribution in [1.29, 1.82) is 0 Å².